The number of benzene rings is 1. The summed E-state index contributed by atoms with van der Waals surface area (Å²) in [6.45, 7) is 2.20. The summed E-state index contributed by atoms with van der Waals surface area (Å²) in [6.07, 6.45) is 1.66. The van der Waals surface area contributed by atoms with Crippen molar-refractivity contribution in [3.8, 4) is 0 Å². The van der Waals surface area contributed by atoms with Crippen LogP contribution < -0.4 is 15.6 Å². The Labute approximate surface area is 163 Å². The molecule has 1 atom stereocenters. The summed E-state index contributed by atoms with van der Waals surface area (Å²) in [5, 5.41) is 5.66. The summed E-state index contributed by atoms with van der Waals surface area (Å²) in [4.78, 5) is 30.5. The minimum atomic E-state index is -0.814. The summed E-state index contributed by atoms with van der Waals surface area (Å²) in [5.41, 5.74) is 6.15. The SMILES string of the molecule is CCN(C(=O)C1=NN(c2ccc(F)cc2)C(C(N)=O)C1)c1ccc(Br)cn1. The second kappa shape index (κ2) is 7.83. The molecule has 1 aliphatic heterocycles. The van der Waals surface area contributed by atoms with Gasteiger partial charge in [0.2, 0.25) is 5.91 Å². The van der Waals surface area contributed by atoms with Gasteiger partial charge in [0.05, 0.1) is 5.69 Å². The van der Waals surface area contributed by atoms with Crippen LogP contribution in [-0.2, 0) is 9.59 Å². The molecule has 27 heavy (non-hydrogen) atoms. The number of amides is 2. The maximum Gasteiger partial charge on any atom is 0.275 e. The number of carbonyl (C=O) groups is 2. The molecule has 1 aliphatic rings. The maximum absolute atomic E-state index is 13.2. The fourth-order valence-corrected chi connectivity index (χ4v) is 3.02. The van der Waals surface area contributed by atoms with Crippen molar-refractivity contribution in [1.29, 1.82) is 0 Å². The average molecular weight is 434 g/mol. The van der Waals surface area contributed by atoms with Crippen LogP contribution in [0.3, 0.4) is 0 Å². The molecule has 0 aliphatic carbocycles. The third-order valence-corrected chi connectivity index (χ3v) is 4.60. The van der Waals surface area contributed by atoms with Crippen LogP contribution in [0.5, 0.6) is 0 Å². The first-order valence-corrected chi connectivity index (χ1v) is 9.05. The number of hydrazone groups is 1. The number of primary amides is 1. The van der Waals surface area contributed by atoms with Gasteiger partial charge in [-0.15, -0.1) is 0 Å². The number of halogens is 2. The van der Waals surface area contributed by atoms with E-state index in [4.69, 9.17) is 5.73 Å². The summed E-state index contributed by atoms with van der Waals surface area (Å²) >= 11 is 3.31. The largest absolute Gasteiger partial charge is 0.368 e. The molecular formula is C18H17BrFN5O2. The number of hydrogen-bond donors (Lipinski definition) is 1. The quantitative estimate of drug-likeness (QED) is 0.783. The fraction of sp³-hybridized carbons (Fsp3) is 0.222. The monoisotopic (exact) mass is 433 g/mol. The van der Waals surface area contributed by atoms with Crippen molar-refractivity contribution in [3.63, 3.8) is 0 Å². The number of hydrogen-bond acceptors (Lipinski definition) is 5. The van der Waals surface area contributed by atoms with Gasteiger partial charge in [-0.25, -0.2) is 9.37 Å². The van der Waals surface area contributed by atoms with Gasteiger partial charge in [-0.3, -0.25) is 19.5 Å². The van der Waals surface area contributed by atoms with Gasteiger partial charge < -0.3 is 5.73 Å². The van der Waals surface area contributed by atoms with E-state index in [9.17, 15) is 14.0 Å². The summed E-state index contributed by atoms with van der Waals surface area (Å²) in [6, 6.07) is 8.16. The first-order chi connectivity index (χ1) is 12.9. The molecule has 0 spiro atoms. The molecule has 7 nitrogen and oxygen atoms in total. The van der Waals surface area contributed by atoms with Crippen molar-refractivity contribution < 1.29 is 14.0 Å². The second-order valence-electron chi connectivity index (χ2n) is 5.87. The highest BCUT2D eigenvalue weighted by Gasteiger charge is 2.36. The van der Waals surface area contributed by atoms with Gasteiger partial charge in [-0.05, 0) is 59.3 Å². The first-order valence-electron chi connectivity index (χ1n) is 8.25. The van der Waals surface area contributed by atoms with Gasteiger partial charge >= 0.3 is 0 Å². The van der Waals surface area contributed by atoms with Crippen molar-refractivity contribution in [3.05, 3.63) is 52.9 Å². The molecule has 2 amide bonds. The molecule has 0 saturated carbocycles. The number of rotatable bonds is 5. The van der Waals surface area contributed by atoms with E-state index in [1.165, 1.54) is 34.2 Å². The highest BCUT2D eigenvalue weighted by atomic mass is 79.9. The molecule has 1 unspecified atom stereocenters. The van der Waals surface area contributed by atoms with Crippen molar-refractivity contribution in [2.45, 2.75) is 19.4 Å². The minimum Gasteiger partial charge on any atom is -0.368 e. The molecule has 2 heterocycles. The number of aromatic nitrogens is 1. The molecule has 0 fully saturated rings. The van der Waals surface area contributed by atoms with E-state index < -0.39 is 17.8 Å². The van der Waals surface area contributed by atoms with Crippen molar-refractivity contribution in [2.75, 3.05) is 16.5 Å². The average Bonchev–Trinajstić information content (AvgIpc) is 3.10. The molecule has 140 valence electrons. The lowest BCUT2D eigenvalue weighted by atomic mass is 10.1. The zero-order valence-corrected chi connectivity index (χ0v) is 16.1. The van der Waals surface area contributed by atoms with Crippen LogP contribution in [0.25, 0.3) is 0 Å². The topological polar surface area (TPSA) is 91.9 Å². The highest BCUT2D eigenvalue weighted by Crippen LogP contribution is 2.26. The van der Waals surface area contributed by atoms with Crippen molar-refractivity contribution in [2.24, 2.45) is 10.8 Å². The van der Waals surface area contributed by atoms with Crippen LogP contribution in [0, 0.1) is 5.82 Å². The third-order valence-electron chi connectivity index (χ3n) is 4.13. The lowest BCUT2D eigenvalue weighted by Gasteiger charge is -2.20. The van der Waals surface area contributed by atoms with Crippen LogP contribution in [-0.4, -0.2) is 35.1 Å². The van der Waals surface area contributed by atoms with Gasteiger partial charge in [-0.1, -0.05) is 0 Å². The van der Waals surface area contributed by atoms with Gasteiger partial charge in [0, 0.05) is 23.6 Å². The standard InChI is InChI=1S/C18H17BrFN5O2/c1-2-24(16-8-3-11(19)10-22-16)18(27)14-9-15(17(21)26)25(23-14)13-6-4-12(20)5-7-13/h3-8,10,15H,2,9H2,1H3,(H2,21,26). The zero-order valence-electron chi connectivity index (χ0n) is 14.5. The summed E-state index contributed by atoms with van der Waals surface area (Å²) < 4.78 is 14.0. The van der Waals surface area contributed by atoms with E-state index in [-0.39, 0.29) is 18.0 Å². The Morgan fingerprint density at radius 3 is 2.56 bits per heavy atom. The van der Waals surface area contributed by atoms with Crippen molar-refractivity contribution >= 4 is 45.0 Å². The number of nitrogens with zero attached hydrogens (tertiary/aromatic N) is 4. The number of nitrogens with two attached hydrogens (primary N) is 1. The Kier molecular flexibility index (Phi) is 5.50. The van der Waals surface area contributed by atoms with Gasteiger partial charge in [0.15, 0.2) is 0 Å². The Bertz CT molecular complexity index is 886. The first kappa shape index (κ1) is 19.0. The molecular weight excluding hydrogens is 417 g/mol. The molecule has 0 saturated heterocycles. The van der Waals surface area contributed by atoms with Gasteiger partial charge in [0.1, 0.15) is 23.4 Å². The molecule has 2 aromatic rings. The Balaban J connectivity index is 1.91. The highest BCUT2D eigenvalue weighted by molar-refractivity contribution is 9.10. The third kappa shape index (κ3) is 3.97. The molecule has 1 aromatic heterocycles. The van der Waals surface area contributed by atoms with E-state index in [1.807, 2.05) is 6.92 Å². The molecule has 0 radical (unpaired) electrons. The van der Waals surface area contributed by atoms with E-state index in [0.29, 0.717) is 18.1 Å². The fourth-order valence-electron chi connectivity index (χ4n) is 2.79. The number of carbonyl (C=O) groups excluding carboxylic acids is 2. The lowest BCUT2D eigenvalue weighted by molar-refractivity contribution is -0.119. The Morgan fingerprint density at radius 1 is 1.30 bits per heavy atom. The lowest BCUT2D eigenvalue weighted by Crippen LogP contribution is -2.40. The normalized spacial score (nSPS) is 16.2. The van der Waals surface area contributed by atoms with Crippen LogP contribution in [0.4, 0.5) is 15.9 Å². The van der Waals surface area contributed by atoms with E-state index in [2.05, 4.69) is 26.0 Å². The van der Waals surface area contributed by atoms with Gasteiger partial charge in [-0.2, -0.15) is 5.10 Å². The van der Waals surface area contributed by atoms with E-state index in [0.717, 1.165) is 4.47 Å². The molecule has 0 bridgehead atoms. The second-order valence-corrected chi connectivity index (χ2v) is 6.79. The molecule has 9 heteroatoms. The minimum absolute atomic E-state index is 0.0680. The summed E-state index contributed by atoms with van der Waals surface area (Å²) in [5.74, 6) is -0.907. The molecule has 2 N–H and O–H groups in total. The smallest absolute Gasteiger partial charge is 0.275 e. The van der Waals surface area contributed by atoms with E-state index >= 15 is 0 Å². The molecule has 1 aromatic carbocycles. The van der Waals surface area contributed by atoms with Crippen LogP contribution in [0.1, 0.15) is 13.3 Å². The Hall–Kier alpha value is -2.81. The predicted molar refractivity (Wildman–Crippen MR) is 104 cm³/mol. The van der Waals surface area contributed by atoms with Crippen LogP contribution >= 0.6 is 15.9 Å². The summed E-state index contributed by atoms with van der Waals surface area (Å²) in [7, 11) is 0. The Morgan fingerprint density at radius 2 is 2.00 bits per heavy atom. The number of anilines is 2. The predicted octanol–water partition coefficient (Wildman–Crippen LogP) is 2.46. The van der Waals surface area contributed by atoms with E-state index in [1.54, 1.807) is 18.3 Å². The zero-order chi connectivity index (χ0) is 19.6. The van der Waals surface area contributed by atoms with Crippen LogP contribution in [0.15, 0.2) is 52.2 Å². The maximum atomic E-state index is 13.2. The van der Waals surface area contributed by atoms with Crippen LogP contribution in [0.2, 0.25) is 0 Å². The molecule has 3 rings (SSSR count). The van der Waals surface area contributed by atoms with Crippen molar-refractivity contribution in [1.82, 2.24) is 4.98 Å². The number of pyridine rings is 1. The van der Waals surface area contributed by atoms with Gasteiger partial charge in [0.25, 0.3) is 5.91 Å².